The van der Waals surface area contributed by atoms with Gasteiger partial charge in [-0.15, -0.1) is 0 Å². The Labute approximate surface area is 111 Å². The summed E-state index contributed by atoms with van der Waals surface area (Å²) in [7, 11) is 1.72. The molecule has 0 bridgehead atoms. The van der Waals surface area contributed by atoms with Crippen molar-refractivity contribution in [1.29, 1.82) is 0 Å². The van der Waals surface area contributed by atoms with Gasteiger partial charge in [0.1, 0.15) is 5.75 Å². The summed E-state index contributed by atoms with van der Waals surface area (Å²) in [5.74, 6) is 0.936. The highest BCUT2D eigenvalue weighted by atomic mass is 16.5. The summed E-state index contributed by atoms with van der Waals surface area (Å²) < 4.78 is 5.56. The van der Waals surface area contributed by atoms with Crippen LogP contribution < -0.4 is 15.8 Å². The van der Waals surface area contributed by atoms with Crippen molar-refractivity contribution in [3.05, 3.63) is 28.3 Å². The molecule has 1 aromatic rings. The quantitative estimate of drug-likeness (QED) is 0.844. The lowest BCUT2D eigenvalue weighted by Gasteiger charge is -2.22. The number of hydrogen-bond acceptors (Lipinski definition) is 3. The van der Waals surface area contributed by atoms with E-state index >= 15 is 0 Å². The molecule has 102 valence electrons. The molecule has 0 radical (unpaired) electrons. The molecule has 0 aliphatic heterocycles. The SMILES string of the molecule is COc1c(C)c(C)cc(C)c1C(N)CNC(C)C. The summed E-state index contributed by atoms with van der Waals surface area (Å²) in [5.41, 5.74) is 11.0. The fraction of sp³-hybridized carbons (Fsp3) is 0.600. The van der Waals surface area contributed by atoms with E-state index in [0.29, 0.717) is 6.04 Å². The summed E-state index contributed by atoms with van der Waals surface area (Å²) in [6.45, 7) is 11.3. The van der Waals surface area contributed by atoms with Gasteiger partial charge in [0, 0.05) is 24.2 Å². The van der Waals surface area contributed by atoms with Crippen LogP contribution >= 0.6 is 0 Å². The molecule has 3 heteroatoms. The van der Waals surface area contributed by atoms with Crippen molar-refractivity contribution >= 4 is 0 Å². The first kappa shape index (κ1) is 15.0. The van der Waals surface area contributed by atoms with E-state index in [1.807, 2.05) is 0 Å². The van der Waals surface area contributed by atoms with Crippen molar-refractivity contribution < 1.29 is 4.74 Å². The van der Waals surface area contributed by atoms with Gasteiger partial charge in [0.05, 0.1) is 7.11 Å². The Morgan fingerprint density at radius 2 is 1.83 bits per heavy atom. The third-order valence-corrected chi connectivity index (χ3v) is 3.36. The minimum atomic E-state index is -0.0401. The number of benzene rings is 1. The molecule has 3 nitrogen and oxygen atoms in total. The fourth-order valence-electron chi connectivity index (χ4n) is 2.26. The number of methoxy groups -OCH3 is 1. The van der Waals surface area contributed by atoms with E-state index in [9.17, 15) is 0 Å². The van der Waals surface area contributed by atoms with Crippen molar-refractivity contribution in [2.24, 2.45) is 5.73 Å². The van der Waals surface area contributed by atoms with Crippen molar-refractivity contribution in [3.63, 3.8) is 0 Å². The standard InChI is InChI=1S/C15H26N2O/c1-9(2)17-8-13(16)14-11(4)7-10(3)12(5)15(14)18-6/h7,9,13,17H,8,16H2,1-6H3. The van der Waals surface area contributed by atoms with Crippen LogP contribution in [0, 0.1) is 20.8 Å². The van der Waals surface area contributed by atoms with E-state index in [4.69, 9.17) is 10.5 Å². The van der Waals surface area contributed by atoms with Gasteiger partial charge in [-0.3, -0.25) is 0 Å². The Bertz CT molecular complexity index is 413. The molecule has 0 amide bonds. The second kappa shape index (κ2) is 6.21. The highest BCUT2D eigenvalue weighted by molar-refractivity contribution is 5.51. The molecule has 0 saturated carbocycles. The molecule has 1 unspecified atom stereocenters. The maximum Gasteiger partial charge on any atom is 0.127 e. The monoisotopic (exact) mass is 250 g/mol. The molecule has 0 spiro atoms. The van der Waals surface area contributed by atoms with Gasteiger partial charge in [0.2, 0.25) is 0 Å². The summed E-state index contributed by atoms with van der Waals surface area (Å²) in [6.07, 6.45) is 0. The third-order valence-electron chi connectivity index (χ3n) is 3.36. The van der Waals surface area contributed by atoms with Gasteiger partial charge in [-0.2, -0.15) is 0 Å². The predicted molar refractivity (Wildman–Crippen MR) is 77.3 cm³/mol. The largest absolute Gasteiger partial charge is 0.496 e. The highest BCUT2D eigenvalue weighted by Gasteiger charge is 2.18. The lowest BCUT2D eigenvalue weighted by Crippen LogP contribution is -2.32. The Hall–Kier alpha value is -1.06. The molecule has 0 fully saturated rings. The molecule has 3 N–H and O–H groups in total. The molecule has 0 aliphatic rings. The van der Waals surface area contributed by atoms with Gasteiger partial charge >= 0.3 is 0 Å². The normalized spacial score (nSPS) is 12.9. The van der Waals surface area contributed by atoms with E-state index in [1.165, 1.54) is 16.7 Å². The van der Waals surface area contributed by atoms with Gasteiger partial charge < -0.3 is 15.8 Å². The highest BCUT2D eigenvalue weighted by Crippen LogP contribution is 2.32. The first-order valence-corrected chi connectivity index (χ1v) is 6.52. The molecular formula is C15H26N2O. The maximum atomic E-state index is 6.30. The predicted octanol–water partition coefficient (Wildman–Crippen LogP) is 2.62. The van der Waals surface area contributed by atoms with Crippen molar-refractivity contribution in [3.8, 4) is 5.75 Å². The summed E-state index contributed by atoms with van der Waals surface area (Å²) in [4.78, 5) is 0. The average molecular weight is 250 g/mol. The molecule has 1 rings (SSSR count). The zero-order valence-corrected chi connectivity index (χ0v) is 12.4. The van der Waals surface area contributed by atoms with Crippen LogP contribution in [0.2, 0.25) is 0 Å². The van der Waals surface area contributed by atoms with Crippen LogP contribution in [-0.4, -0.2) is 19.7 Å². The zero-order valence-electron chi connectivity index (χ0n) is 12.4. The van der Waals surface area contributed by atoms with Crippen molar-refractivity contribution in [1.82, 2.24) is 5.32 Å². The number of nitrogens with one attached hydrogen (secondary N) is 1. The Morgan fingerprint density at radius 1 is 1.22 bits per heavy atom. The molecule has 0 aliphatic carbocycles. The minimum absolute atomic E-state index is 0.0401. The van der Waals surface area contributed by atoms with E-state index in [0.717, 1.165) is 17.9 Å². The van der Waals surface area contributed by atoms with Crippen LogP contribution in [0.5, 0.6) is 5.75 Å². The van der Waals surface area contributed by atoms with Gasteiger partial charge in [-0.1, -0.05) is 19.9 Å². The fourth-order valence-corrected chi connectivity index (χ4v) is 2.26. The van der Waals surface area contributed by atoms with Crippen LogP contribution in [0.4, 0.5) is 0 Å². The Morgan fingerprint density at radius 3 is 2.33 bits per heavy atom. The number of nitrogens with two attached hydrogens (primary N) is 1. The van der Waals surface area contributed by atoms with Crippen molar-refractivity contribution in [2.75, 3.05) is 13.7 Å². The molecule has 1 atom stereocenters. The number of ether oxygens (including phenoxy) is 1. The van der Waals surface area contributed by atoms with E-state index in [2.05, 4.69) is 46.0 Å². The van der Waals surface area contributed by atoms with Gasteiger partial charge in [0.25, 0.3) is 0 Å². The van der Waals surface area contributed by atoms with Gasteiger partial charge in [-0.25, -0.2) is 0 Å². The van der Waals surface area contributed by atoms with Crippen LogP contribution in [0.3, 0.4) is 0 Å². The first-order chi connectivity index (χ1) is 8.38. The van der Waals surface area contributed by atoms with Crippen LogP contribution in [0.25, 0.3) is 0 Å². The summed E-state index contributed by atoms with van der Waals surface area (Å²) in [5, 5.41) is 3.38. The summed E-state index contributed by atoms with van der Waals surface area (Å²) in [6, 6.07) is 2.58. The Balaban J connectivity index is 3.10. The van der Waals surface area contributed by atoms with Crippen LogP contribution in [0.1, 0.15) is 42.1 Å². The summed E-state index contributed by atoms with van der Waals surface area (Å²) >= 11 is 0. The third kappa shape index (κ3) is 3.24. The minimum Gasteiger partial charge on any atom is -0.496 e. The van der Waals surface area contributed by atoms with Crippen LogP contribution in [0.15, 0.2) is 6.07 Å². The second-order valence-electron chi connectivity index (χ2n) is 5.25. The Kier molecular flexibility index (Phi) is 5.17. The van der Waals surface area contributed by atoms with E-state index in [-0.39, 0.29) is 6.04 Å². The zero-order chi connectivity index (χ0) is 13.9. The number of aryl methyl sites for hydroxylation is 2. The topological polar surface area (TPSA) is 47.3 Å². The molecule has 18 heavy (non-hydrogen) atoms. The molecule has 0 heterocycles. The van der Waals surface area contributed by atoms with E-state index in [1.54, 1.807) is 7.11 Å². The van der Waals surface area contributed by atoms with Crippen LogP contribution in [-0.2, 0) is 0 Å². The maximum absolute atomic E-state index is 6.30. The number of rotatable bonds is 5. The van der Waals surface area contributed by atoms with Gasteiger partial charge in [-0.05, 0) is 37.5 Å². The molecule has 0 saturated heterocycles. The molecular weight excluding hydrogens is 224 g/mol. The van der Waals surface area contributed by atoms with Crippen molar-refractivity contribution in [2.45, 2.75) is 46.7 Å². The molecule has 0 aromatic heterocycles. The van der Waals surface area contributed by atoms with Gasteiger partial charge in [0.15, 0.2) is 0 Å². The average Bonchev–Trinajstić information content (AvgIpc) is 2.30. The van der Waals surface area contributed by atoms with E-state index < -0.39 is 0 Å². The number of hydrogen-bond donors (Lipinski definition) is 2. The molecule has 1 aromatic carbocycles. The smallest absolute Gasteiger partial charge is 0.127 e. The lowest BCUT2D eigenvalue weighted by atomic mass is 9.94. The first-order valence-electron chi connectivity index (χ1n) is 6.52. The second-order valence-corrected chi connectivity index (χ2v) is 5.25. The lowest BCUT2D eigenvalue weighted by molar-refractivity contribution is 0.399.